The third-order valence-corrected chi connectivity index (χ3v) is 5.58. The summed E-state index contributed by atoms with van der Waals surface area (Å²) < 4.78 is 93.0. The number of alkyl halides is 6. The molecule has 3 aromatic rings. The molecule has 0 spiro atoms. The highest BCUT2D eigenvalue weighted by atomic mass is 127. The topological polar surface area (TPSA) is 33.2 Å². The molecule has 0 unspecified atom stereocenters. The molecule has 3 rings (SSSR count). The second-order valence-electron chi connectivity index (χ2n) is 7.59. The lowest BCUT2D eigenvalue weighted by atomic mass is 9.96. The van der Waals surface area contributed by atoms with Crippen molar-refractivity contribution in [3.63, 3.8) is 0 Å². The van der Waals surface area contributed by atoms with Gasteiger partial charge in [-0.1, -0.05) is 6.07 Å². The molecule has 0 radical (unpaired) electrons. The van der Waals surface area contributed by atoms with E-state index in [2.05, 4.69) is 4.98 Å². The lowest BCUT2D eigenvalue weighted by molar-refractivity contribution is -0.143. The first kappa shape index (κ1) is 25.9. The van der Waals surface area contributed by atoms with E-state index in [-0.39, 0.29) is 17.2 Å². The van der Waals surface area contributed by atoms with E-state index in [1.165, 1.54) is 31.4 Å². The van der Waals surface area contributed by atoms with Gasteiger partial charge in [-0.25, -0.2) is 9.37 Å². The molecule has 1 aromatic heterocycles. The second-order valence-corrected chi connectivity index (χ2v) is 8.69. The van der Waals surface area contributed by atoms with Crippen molar-refractivity contribution in [3.05, 3.63) is 86.0 Å². The SMILES string of the molecule is Cc1cc(F)ccc1-c1cc(I)ncc1C(=O)N(C)Cc1cc(C(F)(F)F)cc(C(F)(F)F)c1. The fourth-order valence-electron chi connectivity index (χ4n) is 3.41. The molecule has 0 aliphatic carbocycles. The Balaban J connectivity index is 2.00. The van der Waals surface area contributed by atoms with Gasteiger partial charge in [0.15, 0.2) is 0 Å². The molecule has 0 saturated heterocycles. The Bertz CT molecular complexity index is 1210. The van der Waals surface area contributed by atoms with Crippen LogP contribution >= 0.6 is 22.6 Å². The molecular formula is C23H16F7IN2O. The van der Waals surface area contributed by atoms with E-state index in [1.807, 2.05) is 22.6 Å². The molecule has 1 heterocycles. The van der Waals surface area contributed by atoms with Gasteiger partial charge in [-0.15, -0.1) is 0 Å². The Hall–Kier alpha value is -2.70. The normalized spacial score (nSPS) is 12.1. The van der Waals surface area contributed by atoms with Gasteiger partial charge in [0, 0.05) is 19.8 Å². The number of benzene rings is 2. The molecule has 0 saturated carbocycles. The Kier molecular flexibility index (Phi) is 7.25. The number of nitrogens with zero attached hydrogens (tertiary/aromatic N) is 2. The summed E-state index contributed by atoms with van der Waals surface area (Å²) in [5.74, 6) is -1.14. The maximum atomic E-state index is 13.6. The van der Waals surface area contributed by atoms with Crippen molar-refractivity contribution in [1.82, 2.24) is 9.88 Å². The minimum absolute atomic E-state index is 0.0315. The number of rotatable bonds is 4. The van der Waals surface area contributed by atoms with Gasteiger partial charge in [0.2, 0.25) is 0 Å². The molecule has 0 fully saturated rings. The molecular weight excluding hydrogens is 580 g/mol. The average Bonchev–Trinajstić information content (AvgIpc) is 2.71. The second kappa shape index (κ2) is 9.51. The van der Waals surface area contributed by atoms with E-state index in [4.69, 9.17) is 0 Å². The van der Waals surface area contributed by atoms with Crippen molar-refractivity contribution in [2.45, 2.75) is 25.8 Å². The summed E-state index contributed by atoms with van der Waals surface area (Å²) in [7, 11) is 1.26. The molecule has 0 N–H and O–H groups in total. The predicted molar refractivity (Wildman–Crippen MR) is 119 cm³/mol. The number of carbonyl (C=O) groups is 1. The zero-order chi connectivity index (χ0) is 25.4. The van der Waals surface area contributed by atoms with Crippen molar-refractivity contribution >= 4 is 28.5 Å². The van der Waals surface area contributed by atoms with Crippen LogP contribution in [0.15, 0.2) is 48.7 Å². The van der Waals surface area contributed by atoms with Crippen LogP contribution in [0.5, 0.6) is 0 Å². The van der Waals surface area contributed by atoms with E-state index >= 15 is 0 Å². The number of carbonyl (C=O) groups excluding carboxylic acids is 1. The van der Waals surface area contributed by atoms with Crippen LogP contribution in [0, 0.1) is 16.4 Å². The van der Waals surface area contributed by atoms with Crippen LogP contribution in [0.2, 0.25) is 0 Å². The first-order valence-electron chi connectivity index (χ1n) is 9.62. The highest BCUT2D eigenvalue weighted by molar-refractivity contribution is 14.1. The molecule has 0 aliphatic heterocycles. The smallest absolute Gasteiger partial charge is 0.337 e. The van der Waals surface area contributed by atoms with Crippen LogP contribution in [0.1, 0.15) is 32.6 Å². The van der Waals surface area contributed by atoms with E-state index in [0.717, 1.165) is 4.90 Å². The average molecular weight is 596 g/mol. The number of hydrogen-bond donors (Lipinski definition) is 0. The molecule has 0 bridgehead atoms. The number of hydrogen-bond acceptors (Lipinski definition) is 2. The number of aryl methyl sites for hydroxylation is 1. The Morgan fingerprint density at radius 3 is 2.06 bits per heavy atom. The van der Waals surface area contributed by atoms with E-state index in [1.54, 1.807) is 13.0 Å². The van der Waals surface area contributed by atoms with Crippen LogP contribution in [0.3, 0.4) is 0 Å². The van der Waals surface area contributed by atoms with Gasteiger partial charge in [0.25, 0.3) is 5.91 Å². The summed E-state index contributed by atoms with van der Waals surface area (Å²) in [5, 5.41) is 0. The van der Waals surface area contributed by atoms with Crippen LogP contribution in [-0.2, 0) is 18.9 Å². The van der Waals surface area contributed by atoms with Gasteiger partial charge < -0.3 is 4.90 Å². The third kappa shape index (κ3) is 5.86. The standard InChI is InChI=1S/C23H16F7IN2O/c1-12-5-16(24)3-4-17(12)18-9-20(31)32-10-19(18)21(34)33(2)11-13-6-14(22(25,26)27)8-15(7-13)23(28,29)30/h3-10H,11H2,1-2H3. The number of pyridine rings is 1. The molecule has 34 heavy (non-hydrogen) atoms. The monoisotopic (exact) mass is 596 g/mol. The van der Waals surface area contributed by atoms with Gasteiger partial charge in [0.05, 0.1) is 16.7 Å². The fraction of sp³-hybridized carbons (Fsp3) is 0.217. The maximum absolute atomic E-state index is 13.6. The summed E-state index contributed by atoms with van der Waals surface area (Å²) in [6.07, 6.45) is -8.72. The molecule has 3 nitrogen and oxygen atoms in total. The summed E-state index contributed by atoms with van der Waals surface area (Å²) in [6, 6.07) is 6.76. The quantitative estimate of drug-likeness (QED) is 0.183. The Morgan fingerprint density at radius 2 is 1.53 bits per heavy atom. The van der Waals surface area contributed by atoms with Gasteiger partial charge in [-0.3, -0.25) is 4.79 Å². The molecule has 0 atom stereocenters. The van der Waals surface area contributed by atoms with Crippen LogP contribution in [-0.4, -0.2) is 22.8 Å². The van der Waals surface area contributed by atoms with Gasteiger partial charge in [-0.2, -0.15) is 26.3 Å². The summed E-state index contributed by atoms with van der Waals surface area (Å²) in [5.41, 5.74) is -1.71. The number of amides is 1. The van der Waals surface area contributed by atoms with Crippen LogP contribution < -0.4 is 0 Å². The Labute approximate surface area is 203 Å². The van der Waals surface area contributed by atoms with Crippen LogP contribution in [0.4, 0.5) is 30.7 Å². The van der Waals surface area contributed by atoms with Gasteiger partial charge in [0.1, 0.15) is 9.52 Å². The minimum Gasteiger partial charge on any atom is -0.337 e. The lowest BCUT2D eigenvalue weighted by Crippen LogP contribution is -2.27. The van der Waals surface area contributed by atoms with Crippen LogP contribution in [0.25, 0.3) is 11.1 Å². The summed E-state index contributed by atoms with van der Waals surface area (Å²) in [6.45, 7) is 1.13. The fourth-order valence-corrected chi connectivity index (χ4v) is 3.87. The lowest BCUT2D eigenvalue weighted by Gasteiger charge is -2.21. The number of aromatic nitrogens is 1. The maximum Gasteiger partial charge on any atom is 0.416 e. The van der Waals surface area contributed by atoms with Crippen molar-refractivity contribution in [2.75, 3.05) is 7.05 Å². The Morgan fingerprint density at radius 1 is 0.941 bits per heavy atom. The van der Waals surface area contributed by atoms with Crippen molar-refractivity contribution in [1.29, 1.82) is 0 Å². The highest BCUT2D eigenvalue weighted by Crippen LogP contribution is 2.37. The zero-order valence-corrected chi connectivity index (χ0v) is 19.8. The van der Waals surface area contributed by atoms with Gasteiger partial charge in [-0.05, 0) is 88.2 Å². The first-order valence-corrected chi connectivity index (χ1v) is 10.7. The summed E-state index contributed by atoms with van der Waals surface area (Å²) in [4.78, 5) is 18.2. The first-order chi connectivity index (χ1) is 15.7. The molecule has 0 aliphatic rings. The molecule has 1 amide bonds. The van der Waals surface area contributed by atoms with Crippen molar-refractivity contribution in [2.24, 2.45) is 0 Å². The molecule has 180 valence electrons. The van der Waals surface area contributed by atoms with Gasteiger partial charge >= 0.3 is 12.4 Å². The largest absolute Gasteiger partial charge is 0.416 e. The predicted octanol–water partition coefficient (Wildman–Crippen LogP) is 7.11. The van der Waals surface area contributed by atoms with E-state index in [9.17, 15) is 35.5 Å². The number of halogens is 8. The summed E-state index contributed by atoms with van der Waals surface area (Å²) >= 11 is 1.93. The van der Waals surface area contributed by atoms with E-state index in [0.29, 0.717) is 32.5 Å². The molecule has 2 aromatic carbocycles. The van der Waals surface area contributed by atoms with E-state index < -0.39 is 41.7 Å². The highest BCUT2D eigenvalue weighted by Gasteiger charge is 2.37. The van der Waals surface area contributed by atoms with Crippen molar-refractivity contribution < 1.29 is 35.5 Å². The minimum atomic E-state index is -4.99. The molecule has 11 heteroatoms. The third-order valence-electron chi connectivity index (χ3n) is 4.99. The zero-order valence-electron chi connectivity index (χ0n) is 17.7. The van der Waals surface area contributed by atoms with Crippen molar-refractivity contribution in [3.8, 4) is 11.1 Å².